The summed E-state index contributed by atoms with van der Waals surface area (Å²) < 4.78 is 13.6. The molecule has 96 valence electrons. The second-order valence-electron chi connectivity index (χ2n) is 4.47. The second kappa shape index (κ2) is 5.47. The maximum absolute atomic E-state index is 13.2. The van der Waals surface area contributed by atoms with Gasteiger partial charge in [-0.25, -0.2) is 9.37 Å². The molecule has 0 aliphatic carbocycles. The van der Waals surface area contributed by atoms with Crippen LogP contribution in [0.1, 0.15) is 24.9 Å². The topological polar surface area (TPSA) is 38.9 Å². The van der Waals surface area contributed by atoms with E-state index in [4.69, 9.17) is 5.73 Å². The molecule has 18 heavy (non-hydrogen) atoms. The molecule has 1 aromatic heterocycles. The van der Waals surface area contributed by atoms with Gasteiger partial charge in [0, 0.05) is 10.9 Å². The monoisotopic (exact) mass is 328 g/mol. The van der Waals surface area contributed by atoms with Crippen molar-refractivity contribution in [2.75, 3.05) is 0 Å². The van der Waals surface area contributed by atoms with Crippen LogP contribution in [0.15, 0.2) is 28.1 Å². The Balaban J connectivity index is 2.32. The molecule has 0 spiro atoms. The van der Waals surface area contributed by atoms with Gasteiger partial charge in [0.25, 0.3) is 0 Å². The first-order valence-electron chi connectivity index (χ1n) is 5.65. The first-order chi connectivity index (χ1) is 8.49. The van der Waals surface area contributed by atoms with E-state index in [2.05, 4.69) is 34.8 Å². The quantitative estimate of drug-likeness (QED) is 0.908. The van der Waals surface area contributed by atoms with Gasteiger partial charge in [0.2, 0.25) is 0 Å². The van der Waals surface area contributed by atoms with Crippen LogP contribution in [0.5, 0.6) is 0 Å². The molecule has 0 amide bonds. The van der Waals surface area contributed by atoms with Gasteiger partial charge in [0.1, 0.15) is 10.8 Å². The summed E-state index contributed by atoms with van der Waals surface area (Å²) in [5.41, 5.74) is 7.79. The molecular formula is C13H14BrFN2S. The summed E-state index contributed by atoms with van der Waals surface area (Å²) in [4.78, 5) is 4.52. The SMILES string of the molecule is CC(C)C(N)c1nc(-c2ccc(F)c(Br)c2)cs1. The molecular weight excluding hydrogens is 315 g/mol. The fourth-order valence-electron chi connectivity index (χ4n) is 1.51. The summed E-state index contributed by atoms with van der Waals surface area (Å²) in [6.45, 7) is 4.14. The highest BCUT2D eigenvalue weighted by Gasteiger charge is 2.15. The van der Waals surface area contributed by atoms with Crippen molar-refractivity contribution in [3.8, 4) is 11.3 Å². The minimum Gasteiger partial charge on any atom is -0.322 e. The number of hydrogen-bond acceptors (Lipinski definition) is 3. The Labute approximate surface area is 118 Å². The minimum absolute atomic E-state index is 0.0485. The molecule has 0 fully saturated rings. The van der Waals surface area contributed by atoms with Crippen LogP contribution in [0, 0.1) is 11.7 Å². The summed E-state index contributed by atoms with van der Waals surface area (Å²) >= 11 is 4.72. The Kier molecular flexibility index (Phi) is 4.14. The molecule has 2 nitrogen and oxygen atoms in total. The van der Waals surface area contributed by atoms with Crippen LogP contribution in [0.25, 0.3) is 11.3 Å². The standard InChI is InChI=1S/C13H14BrFN2S/c1-7(2)12(16)13-17-11(6-18-13)8-3-4-10(15)9(14)5-8/h3-7,12H,16H2,1-2H3. The highest BCUT2D eigenvalue weighted by Crippen LogP contribution is 2.29. The first kappa shape index (κ1) is 13.6. The molecule has 0 bridgehead atoms. The Morgan fingerprint density at radius 1 is 1.39 bits per heavy atom. The zero-order valence-electron chi connectivity index (χ0n) is 10.2. The number of nitrogens with zero attached hydrogens (tertiary/aromatic N) is 1. The summed E-state index contributed by atoms with van der Waals surface area (Å²) in [5.74, 6) is 0.0806. The fourth-order valence-corrected chi connectivity index (χ4v) is 2.89. The van der Waals surface area contributed by atoms with E-state index in [1.165, 1.54) is 6.07 Å². The van der Waals surface area contributed by atoms with E-state index in [9.17, 15) is 4.39 Å². The lowest BCUT2D eigenvalue weighted by atomic mass is 10.1. The Morgan fingerprint density at radius 2 is 2.11 bits per heavy atom. The van der Waals surface area contributed by atoms with Crippen LogP contribution >= 0.6 is 27.3 Å². The smallest absolute Gasteiger partial charge is 0.137 e. The third-order valence-electron chi connectivity index (χ3n) is 2.74. The van der Waals surface area contributed by atoms with Gasteiger partial charge in [0.15, 0.2) is 0 Å². The first-order valence-corrected chi connectivity index (χ1v) is 7.32. The molecule has 5 heteroatoms. The average molecular weight is 329 g/mol. The van der Waals surface area contributed by atoms with Crippen LogP contribution in [0.3, 0.4) is 0 Å². The zero-order chi connectivity index (χ0) is 13.3. The molecule has 1 atom stereocenters. The number of nitrogens with two attached hydrogens (primary N) is 1. The number of thiazole rings is 1. The van der Waals surface area contributed by atoms with Crippen LogP contribution in [0.2, 0.25) is 0 Å². The molecule has 1 aromatic carbocycles. The van der Waals surface area contributed by atoms with Crippen LogP contribution in [-0.4, -0.2) is 4.98 Å². The normalized spacial score (nSPS) is 13.0. The number of hydrogen-bond donors (Lipinski definition) is 1. The summed E-state index contributed by atoms with van der Waals surface area (Å²) in [7, 11) is 0. The fraction of sp³-hybridized carbons (Fsp3) is 0.308. The van der Waals surface area contributed by atoms with E-state index in [0.717, 1.165) is 16.3 Å². The summed E-state index contributed by atoms with van der Waals surface area (Å²) in [6, 6.07) is 4.84. The van der Waals surface area contributed by atoms with E-state index in [1.807, 2.05) is 5.38 Å². The van der Waals surface area contributed by atoms with Crippen molar-refractivity contribution >= 4 is 27.3 Å². The van der Waals surface area contributed by atoms with E-state index < -0.39 is 0 Å². The Hall–Kier alpha value is -0.780. The van der Waals surface area contributed by atoms with Crippen molar-refractivity contribution in [1.29, 1.82) is 0 Å². The number of aromatic nitrogens is 1. The maximum atomic E-state index is 13.2. The molecule has 1 heterocycles. The van der Waals surface area contributed by atoms with Crippen LogP contribution < -0.4 is 5.73 Å². The lowest BCUT2D eigenvalue weighted by molar-refractivity contribution is 0.512. The van der Waals surface area contributed by atoms with Crippen molar-refractivity contribution in [1.82, 2.24) is 4.98 Å². The van der Waals surface area contributed by atoms with Gasteiger partial charge in [-0.05, 0) is 40.0 Å². The van der Waals surface area contributed by atoms with Crippen LogP contribution in [-0.2, 0) is 0 Å². The number of rotatable bonds is 3. The number of halogens is 2. The molecule has 0 aliphatic heterocycles. The van der Waals surface area contributed by atoms with Crippen molar-refractivity contribution in [2.45, 2.75) is 19.9 Å². The van der Waals surface area contributed by atoms with Gasteiger partial charge in [-0.1, -0.05) is 13.8 Å². The summed E-state index contributed by atoms with van der Waals surface area (Å²) in [6.07, 6.45) is 0. The zero-order valence-corrected chi connectivity index (χ0v) is 12.6. The highest BCUT2D eigenvalue weighted by atomic mass is 79.9. The Morgan fingerprint density at radius 3 is 2.72 bits per heavy atom. The third-order valence-corrected chi connectivity index (χ3v) is 4.29. The molecule has 2 aromatic rings. The Bertz CT molecular complexity index is 554. The van der Waals surface area contributed by atoms with Crippen LogP contribution in [0.4, 0.5) is 4.39 Å². The molecule has 0 aliphatic rings. The highest BCUT2D eigenvalue weighted by molar-refractivity contribution is 9.10. The van der Waals surface area contributed by atoms with E-state index in [-0.39, 0.29) is 11.9 Å². The molecule has 0 radical (unpaired) electrons. The third kappa shape index (κ3) is 2.79. The molecule has 2 rings (SSSR count). The average Bonchev–Trinajstić information content (AvgIpc) is 2.81. The minimum atomic E-state index is -0.270. The van der Waals surface area contributed by atoms with E-state index >= 15 is 0 Å². The van der Waals surface area contributed by atoms with Gasteiger partial charge < -0.3 is 5.73 Å². The molecule has 0 saturated carbocycles. The molecule has 1 unspecified atom stereocenters. The number of benzene rings is 1. The molecule has 2 N–H and O–H groups in total. The van der Waals surface area contributed by atoms with Crippen molar-refractivity contribution in [2.24, 2.45) is 11.7 Å². The predicted octanol–water partition coefficient (Wildman–Crippen LogP) is 4.37. The molecule has 0 saturated heterocycles. The van der Waals surface area contributed by atoms with Gasteiger partial charge in [0.05, 0.1) is 16.2 Å². The van der Waals surface area contributed by atoms with Gasteiger partial charge in [-0.2, -0.15) is 0 Å². The van der Waals surface area contributed by atoms with E-state index in [1.54, 1.807) is 23.5 Å². The predicted molar refractivity (Wildman–Crippen MR) is 77.0 cm³/mol. The largest absolute Gasteiger partial charge is 0.322 e. The van der Waals surface area contributed by atoms with Gasteiger partial charge in [-0.15, -0.1) is 11.3 Å². The summed E-state index contributed by atoms with van der Waals surface area (Å²) in [5, 5.41) is 2.87. The van der Waals surface area contributed by atoms with E-state index in [0.29, 0.717) is 10.4 Å². The van der Waals surface area contributed by atoms with Crippen molar-refractivity contribution in [3.05, 3.63) is 38.9 Å². The lowest BCUT2D eigenvalue weighted by Gasteiger charge is -2.11. The maximum Gasteiger partial charge on any atom is 0.137 e. The van der Waals surface area contributed by atoms with Crippen molar-refractivity contribution in [3.63, 3.8) is 0 Å². The lowest BCUT2D eigenvalue weighted by Crippen LogP contribution is -2.16. The van der Waals surface area contributed by atoms with Crippen molar-refractivity contribution < 1.29 is 4.39 Å². The van der Waals surface area contributed by atoms with Gasteiger partial charge in [-0.3, -0.25) is 0 Å². The van der Waals surface area contributed by atoms with Gasteiger partial charge >= 0.3 is 0 Å². The second-order valence-corrected chi connectivity index (χ2v) is 6.21.